The summed E-state index contributed by atoms with van der Waals surface area (Å²) < 4.78 is 0. The lowest BCUT2D eigenvalue weighted by molar-refractivity contribution is -0.121. The molecule has 2 fully saturated rings. The largest absolute Gasteiger partial charge is 0.478 e. The van der Waals surface area contributed by atoms with E-state index in [4.69, 9.17) is 5.11 Å². The molecule has 2 saturated carbocycles. The lowest BCUT2D eigenvalue weighted by Gasteiger charge is -2.17. The zero-order chi connectivity index (χ0) is 14.1. The van der Waals surface area contributed by atoms with Gasteiger partial charge in [0.05, 0.1) is 12.0 Å². The number of hydrogen-bond donors (Lipinski definition) is 2. The van der Waals surface area contributed by atoms with E-state index in [0.29, 0.717) is 17.9 Å². The molecule has 4 nitrogen and oxygen atoms in total. The van der Waals surface area contributed by atoms with Crippen molar-refractivity contribution in [3.63, 3.8) is 0 Å². The minimum Gasteiger partial charge on any atom is -0.478 e. The van der Waals surface area contributed by atoms with Crippen molar-refractivity contribution in [2.75, 3.05) is 0 Å². The number of carbonyl (C=O) groups excluding carboxylic acids is 1. The Bertz CT molecular complexity index is 520. The molecule has 0 unspecified atom stereocenters. The van der Waals surface area contributed by atoms with Crippen LogP contribution >= 0.6 is 0 Å². The zero-order valence-corrected chi connectivity index (χ0v) is 11.3. The molecule has 0 spiro atoms. The zero-order valence-electron chi connectivity index (χ0n) is 11.3. The van der Waals surface area contributed by atoms with Gasteiger partial charge in [-0.3, -0.25) is 4.79 Å². The molecule has 20 heavy (non-hydrogen) atoms. The van der Waals surface area contributed by atoms with Gasteiger partial charge in [-0.05, 0) is 55.2 Å². The van der Waals surface area contributed by atoms with Crippen molar-refractivity contribution in [3.8, 4) is 0 Å². The van der Waals surface area contributed by atoms with Gasteiger partial charge in [-0.1, -0.05) is 12.1 Å². The number of hydrogen-bond acceptors (Lipinski definition) is 2. The Labute approximate surface area is 118 Å². The summed E-state index contributed by atoms with van der Waals surface area (Å²) in [7, 11) is 0. The Morgan fingerprint density at radius 1 is 1.20 bits per heavy atom. The van der Waals surface area contributed by atoms with Crippen LogP contribution in [-0.4, -0.2) is 23.0 Å². The third-order valence-corrected chi connectivity index (χ3v) is 4.13. The van der Waals surface area contributed by atoms with Crippen LogP contribution in [-0.2, 0) is 11.2 Å². The standard InChI is InChI=1S/C16H19NO3/c18-14(17-15(11-4-5-11)12-6-7-12)9-10-2-1-3-13(8-10)16(19)20/h1-3,8,11-12,15H,4-7,9H2,(H,17,18)(H,19,20). The summed E-state index contributed by atoms with van der Waals surface area (Å²) in [6, 6.07) is 6.96. The molecule has 1 amide bonds. The molecule has 3 rings (SSSR count). The lowest BCUT2D eigenvalue weighted by atomic mass is 10.1. The number of rotatable bonds is 6. The molecule has 4 heteroatoms. The molecule has 1 aromatic carbocycles. The van der Waals surface area contributed by atoms with Gasteiger partial charge in [0, 0.05) is 6.04 Å². The third kappa shape index (κ3) is 3.18. The molecule has 0 saturated heterocycles. The van der Waals surface area contributed by atoms with Crippen LogP contribution in [0.15, 0.2) is 24.3 Å². The first-order valence-electron chi connectivity index (χ1n) is 7.25. The first-order chi connectivity index (χ1) is 9.63. The highest BCUT2D eigenvalue weighted by molar-refractivity contribution is 5.88. The predicted molar refractivity (Wildman–Crippen MR) is 74.5 cm³/mol. The van der Waals surface area contributed by atoms with Gasteiger partial charge >= 0.3 is 5.97 Å². The Kier molecular flexibility index (Phi) is 3.47. The minimum atomic E-state index is -0.957. The summed E-state index contributed by atoms with van der Waals surface area (Å²) in [6.45, 7) is 0. The van der Waals surface area contributed by atoms with Crippen molar-refractivity contribution in [3.05, 3.63) is 35.4 Å². The average Bonchev–Trinajstić information content (AvgIpc) is 3.28. The number of nitrogens with one attached hydrogen (secondary N) is 1. The monoisotopic (exact) mass is 273 g/mol. The van der Waals surface area contributed by atoms with Crippen molar-refractivity contribution in [2.45, 2.75) is 38.1 Å². The highest BCUT2D eigenvalue weighted by atomic mass is 16.4. The molecular weight excluding hydrogens is 254 g/mol. The second kappa shape index (κ2) is 5.27. The van der Waals surface area contributed by atoms with E-state index in [1.165, 1.54) is 25.7 Å². The molecule has 0 heterocycles. The average molecular weight is 273 g/mol. The smallest absolute Gasteiger partial charge is 0.335 e. The van der Waals surface area contributed by atoms with E-state index < -0.39 is 5.97 Å². The molecule has 2 aliphatic rings. The van der Waals surface area contributed by atoms with Gasteiger partial charge in [0.1, 0.15) is 0 Å². The van der Waals surface area contributed by atoms with Crippen molar-refractivity contribution >= 4 is 11.9 Å². The molecule has 106 valence electrons. The van der Waals surface area contributed by atoms with E-state index in [1.807, 2.05) is 0 Å². The summed E-state index contributed by atoms with van der Waals surface area (Å²) in [5.74, 6) is 0.408. The number of aromatic carboxylic acids is 1. The van der Waals surface area contributed by atoms with Crippen molar-refractivity contribution in [2.24, 2.45) is 11.8 Å². The first kappa shape index (κ1) is 13.2. The number of benzene rings is 1. The van der Waals surface area contributed by atoms with Gasteiger partial charge in [0.25, 0.3) is 0 Å². The van der Waals surface area contributed by atoms with Crippen molar-refractivity contribution in [1.82, 2.24) is 5.32 Å². The minimum absolute atomic E-state index is 0.0105. The lowest BCUT2D eigenvalue weighted by Crippen LogP contribution is -2.38. The molecule has 0 aliphatic heterocycles. The van der Waals surface area contributed by atoms with Crippen LogP contribution in [0.2, 0.25) is 0 Å². The summed E-state index contributed by atoms with van der Waals surface area (Å²) in [5, 5.41) is 12.1. The van der Waals surface area contributed by atoms with E-state index in [0.717, 1.165) is 5.56 Å². The summed E-state index contributed by atoms with van der Waals surface area (Å²) >= 11 is 0. The molecule has 0 bridgehead atoms. The molecule has 0 atom stereocenters. The van der Waals surface area contributed by atoms with Crippen LogP contribution < -0.4 is 5.32 Å². The van der Waals surface area contributed by atoms with Gasteiger partial charge < -0.3 is 10.4 Å². The van der Waals surface area contributed by atoms with Gasteiger partial charge in [-0.2, -0.15) is 0 Å². The molecule has 1 aromatic rings. The van der Waals surface area contributed by atoms with Gasteiger partial charge in [-0.15, -0.1) is 0 Å². The number of carboxylic acids is 1. The topological polar surface area (TPSA) is 66.4 Å². The van der Waals surface area contributed by atoms with E-state index in [1.54, 1.807) is 24.3 Å². The number of amides is 1. The van der Waals surface area contributed by atoms with Crippen LogP contribution in [0.3, 0.4) is 0 Å². The maximum atomic E-state index is 12.1. The quantitative estimate of drug-likeness (QED) is 0.835. The van der Waals surface area contributed by atoms with Crippen LogP contribution in [0.1, 0.15) is 41.6 Å². The fourth-order valence-corrected chi connectivity index (χ4v) is 2.77. The van der Waals surface area contributed by atoms with E-state index in [9.17, 15) is 9.59 Å². The van der Waals surface area contributed by atoms with Gasteiger partial charge in [0.2, 0.25) is 5.91 Å². The maximum Gasteiger partial charge on any atom is 0.335 e. The van der Waals surface area contributed by atoms with E-state index in [-0.39, 0.29) is 17.9 Å². The number of carbonyl (C=O) groups is 2. The third-order valence-electron chi connectivity index (χ3n) is 4.13. The second-order valence-electron chi connectivity index (χ2n) is 5.95. The maximum absolute atomic E-state index is 12.1. The summed E-state index contributed by atoms with van der Waals surface area (Å²) in [4.78, 5) is 23.0. The number of carboxylic acid groups (broad SMARTS) is 1. The molecule has 2 N–H and O–H groups in total. The van der Waals surface area contributed by atoms with E-state index in [2.05, 4.69) is 5.32 Å². The highest BCUT2D eigenvalue weighted by Gasteiger charge is 2.42. The van der Waals surface area contributed by atoms with Gasteiger partial charge in [0.15, 0.2) is 0 Å². The van der Waals surface area contributed by atoms with Crippen molar-refractivity contribution in [1.29, 1.82) is 0 Å². The van der Waals surface area contributed by atoms with Crippen LogP contribution in [0, 0.1) is 11.8 Å². The first-order valence-corrected chi connectivity index (χ1v) is 7.25. The van der Waals surface area contributed by atoms with Crippen LogP contribution in [0.5, 0.6) is 0 Å². The summed E-state index contributed by atoms with van der Waals surface area (Å²) in [5.41, 5.74) is 0.990. The molecular formula is C16H19NO3. The van der Waals surface area contributed by atoms with Crippen LogP contribution in [0.4, 0.5) is 0 Å². The SMILES string of the molecule is O=C(Cc1cccc(C(=O)O)c1)NC(C1CC1)C1CC1. The summed E-state index contributed by atoms with van der Waals surface area (Å²) in [6.07, 6.45) is 5.19. The molecule has 0 radical (unpaired) electrons. The Balaban J connectivity index is 1.60. The fourth-order valence-electron chi connectivity index (χ4n) is 2.77. The predicted octanol–water partition coefficient (Wildman–Crippen LogP) is 2.23. The van der Waals surface area contributed by atoms with Gasteiger partial charge in [-0.25, -0.2) is 4.79 Å². The normalized spacial score (nSPS) is 18.1. The Hall–Kier alpha value is -1.84. The molecule has 0 aromatic heterocycles. The Morgan fingerprint density at radius 3 is 2.40 bits per heavy atom. The highest BCUT2D eigenvalue weighted by Crippen LogP contribution is 2.44. The Morgan fingerprint density at radius 2 is 1.85 bits per heavy atom. The van der Waals surface area contributed by atoms with E-state index >= 15 is 0 Å². The van der Waals surface area contributed by atoms with Crippen molar-refractivity contribution < 1.29 is 14.7 Å². The second-order valence-corrected chi connectivity index (χ2v) is 5.95. The van der Waals surface area contributed by atoms with Crippen LogP contribution in [0.25, 0.3) is 0 Å². The molecule has 2 aliphatic carbocycles. The fraction of sp³-hybridized carbons (Fsp3) is 0.500.